The Kier molecular flexibility index (Phi) is 3.82. The lowest BCUT2D eigenvalue weighted by Gasteiger charge is -2.24. The molecule has 1 N–H and O–H groups in total. The van der Waals surface area contributed by atoms with Gasteiger partial charge < -0.3 is 5.11 Å². The predicted octanol–water partition coefficient (Wildman–Crippen LogP) is 1.88. The average molecular weight is 306 g/mol. The van der Waals surface area contributed by atoms with Crippen molar-refractivity contribution in [1.82, 2.24) is 4.31 Å². The molecular weight excluding hydrogens is 288 g/mol. The standard InChI is InChI=1S/C15H18N2O3S/c18-15-13(8-9-16-15)14-7-4-10-17(14)21(19,20)11-12-5-2-1-3-6-12/h1-3,5-6,8,14H,4,7,9-11H2,(H,16,18). The fourth-order valence-electron chi connectivity index (χ4n) is 2.95. The Balaban J connectivity index is 1.83. The van der Waals surface area contributed by atoms with Gasteiger partial charge in [-0.1, -0.05) is 36.4 Å². The molecule has 112 valence electrons. The minimum atomic E-state index is -3.40. The fraction of sp³-hybridized carbons (Fsp3) is 0.400. The highest BCUT2D eigenvalue weighted by molar-refractivity contribution is 7.88. The van der Waals surface area contributed by atoms with Gasteiger partial charge in [-0.3, -0.25) is 0 Å². The lowest BCUT2D eigenvalue weighted by Crippen LogP contribution is -2.38. The monoisotopic (exact) mass is 306 g/mol. The maximum Gasteiger partial charge on any atom is 0.218 e. The van der Waals surface area contributed by atoms with Crippen molar-refractivity contribution in [2.75, 3.05) is 13.1 Å². The number of sulfonamides is 1. The van der Waals surface area contributed by atoms with Crippen molar-refractivity contribution in [2.24, 2.45) is 4.99 Å². The topological polar surface area (TPSA) is 70.0 Å². The number of hydrogen-bond donors (Lipinski definition) is 1. The summed E-state index contributed by atoms with van der Waals surface area (Å²) < 4.78 is 26.8. The maximum absolute atomic E-state index is 12.7. The Morgan fingerprint density at radius 1 is 1.29 bits per heavy atom. The number of benzene rings is 1. The number of nitrogens with zero attached hydrogens (tertiary/aromatic N) is 2. The van der Waals surface area contributed by atoms with Gasteiger partial charge >= 0.3 is 0 Å². The van der Waals surface area contributed by atoms with E-state index in [0.29, 0.717) is 18.7 Å². The molecule has 1 saturated heterocycles. The first-order valence-corrected chi connectivity index (χ1v) is 8.66. The molecule has 6 heteroatoms. The number of aliphatic hydroxyl groups excluding tert-OH is 1. The predicted molar refractivity (Wildman–Crippen MR) is 81.8 cm³/mol. The zero-order chi connectivity index (χ0) is 14.9. The summed E-state index contributed by atoms with van der Waals surface area (Å²) in [6.45, 7) is 0.939. The first kappa shape index (κ1) is 14.3. The van der Waals surface area contributed by atoms with Gasteiger partial charge in [0, 0.05) is 12.1 Å². The molecule has 2 aliphatic rings. The third kappa shape index (κ3) is 2.87. The molecule has 0 bridgehead atoms. The second-order valence-electron chi connectivity index (χ2n) is 5.33. The Bertz CT molecular complexity index is 680. The molecule has 2 heterocycles. The second kappa shape index (κ2) is 5.61. The van der Waals surface area contributed by atoms with E-state index in [1.807, 2.05) is 36.4 Å². The van der Waals surface area contributed by atoms with Gasteiger partial charge in [0.05, 0.1) is 18.3 Å². The third-order valence-electron chi connectivity index (χ3n) is 3.92. The van der Waals surface area contributed by atoms with Gasteiger partial charge in [-0.2, -0.15) is 4.31 Å². The van der Waals surface area contributed by atoms with E-state index in [1.54, 1.807) is 0 Å². The highest BCUT2D eigenvalue weighted by Gasteiger charge is 2.38. The van der Waals surface area contributed by atoms with Gasteiger partial charge in [-0.05, 0) is 18.4 Å². The van der Waals surface area contributed by atoms with Crippen LogP contribution in [-0.2, 0) is 15.8 Å². The van der Waals surface area contributed by atoms with Crippen LogP contribution in [0.5, 0.6) is 0 Å². The molecule has 1 atom stereocenters. The third-order valence-corrected chi connectivity index (χ3v) is 5.77. The van der Waals surface area contributed by atoms with Gasteiger partial charge in [0.2, 0.25) is 15.9 Å². The lowest BCUT2D eigenvalue weighted by molar-refractivity contribution is 0.419. The van der Waals surface area contributed by atoms with Crippen LogP contribution < -0.4 is 0 Å². The van der Waals surface area contributed by atoms with Crippen molar-refractivity contribution in [1.29, 1.82) is 0 Å². The van der Waals surface area contributed by atoms with Gasteiger partial charge in [0.25, 0.3) is 0 Å². The quantitative estimate of drug-likeness (QED) is 0.923. The molecule has 0 aliphatic carbocycles. The molecule has 2 aliphatic heterocycles. The summed E-state index contributed by atoms with van der Waals surface area (Å²) in [5, 5.41) is 9.78. The summed E-state index contributed by atoms with van der Waals surface area (Å²) in [6.07, 6.45) is 3.36. The first-order valence-electron chi connectivity index (χ1n) is 7.05. The van der Waals surface area contributed by atoms with Crippen molar-refractivity contribution in [3.8, 4) is 0 Å². The Labute approximate surface area is 124 Å². The minimum Gasteiger partial charge on any atom is -0.493 e. The van der Waals surface area contributed by atoms with Gasteiger partial charge in [-0.15, -0.1) is 0 Å². The molecule has 0 aromatic heterocycles. The highest BCUT2D eigenvalue weighted by atomic mass is 32.2. The van der Waals surface area contributed by atoms with Crippen molar-refractivity contribution in [2.45, 2.75) is 24.6 Å². The Hall–Kier alpha value is -1.66. The number of aliphatic hydroxyl groups is 1. The summed E-state index contributed by atoms with van der Waals surface area (Å²) in [7, 11) is -3.40. The average Bonchev–Trinajstić information content (AvgIpc) is 3.07. The largest absolute Gasteiger partial charge is 0.493 e. The fourth-order valence-corrected chi connectivity index (χ4v) is 4.74. The van der Waals surface area contributed by atoms with E-state index in [4.69, 9.17) is 0 Å². The molecule has 1 aromatic rings. The molecule has 0 saturated carbocycles. The first-order chi connectivity index (χ1) is 10.1. The molecule has 1 unspecified atom stereocenters. The maximum atomic E-state index is 12.7. The van der Waals surface area contributed by atoms with Crippen LogP contribution in [0, 0.1) is 0 Å². The van der Waals surface area contributed by atoms with Crippen LogP contribution in [-0.4, -0.2) is 42.9 Å². The zero-order valence-electron chi connectivity index (χ0n) is 11.6. The van der Waals surface area contributed by atoms with Gasteiger partial charge in [-0.25, -0.2) is 13.4 Å². The van der Waals surface area contributed by atoms with E-state index in [-0.39, 0.29) is 17.7 Å². The summed E-state index contributed by atoms with van der Waals surface area (Å²) in [5.74, 6) is -0.0167. The summed E-state index contributed by atoms with van der Waals surface area (Å²) >= 11 is 0. The molecule has 0 amide bonds. The van der Waals surface area contributed by atoms with E-state index < -0.39 is 10.0 Å². The zero-order valence-corrected chi connectivity index (χ0v) is 12.5. The van der Waals surface area contributed by atoms with Crippen LogP contribution in [0.3, 0.4) is 0 Å². The number of aliphatic imine (C=N–C) groups is 1. The number of hydrogen-bond acceptors (Lipinski definition) is 3. The molecule has 5 nitrogen and oxygen atoms in total. The van der Waals surface area contributed by atoms with Gasteiger partial charge in [0.15, 0.2) is 0 Å². The van der Waals surface area contributed by atoms with Crippen molar-refractivity contribution in [3.63, 3.8) is 0 Å². The van der Waals surface area contributed by atoms with Crippen LogP contribution in [0.15, 0.2) is 47.0 Å². The van der Waals surface area contributed by atoms with E-state index in [2.05, 4.69) is 4.99 Å². The van der Waals surface area contributed by atoms with Crippen LogP contribution in [0.25, 0.3) is 0 Å². The SMILES string of the molecule is O=S(=O)(Cc1ccccc1)N1CCCC1C1=CCN=C1O. The van der Waals surface area contributed by atoms with Crippen molar-refractivity contribution in [3.05, 3.63) is 47.5 Å². The summed E-state index contributed by atoms with van der Waals surface area (Å²) in [6, 6.07) is 8.90. The minimum absolute atomic E-state index is 0.00444. The van der Waals surface area contributed by atoms with Crippen molar-refractivity contribution < 1.29 is 13.5 Å². The van der Waals surface area contributed by atoms with Crippen LogP contribution in [0.2, 0.25) is 0 Å². The Morgan fingerprint density at radius 2 is 2.05 bits per heavy atom. The highest BCUT2D eigenvalue weighted by Crippen LogP contribution is 2.30. The molecule has 0 radical (unpaired) electrons. The Morgan fingerprint density at radius 3 is 2.71 bits per heavy atom. The molecular formula is C15H18N2O3S. The molecule has 1 aromatic carbocycles. The van der Waals surface area contributed by atoms with Crippen LogP contribution >= 0.6 is 0 Å². The molecule has 21 heavy (non-hydrogen) atoms. The normalized spacial score (nSPS) is 23.1. The molecule has 3 rings (SSSR count). The van der Waals surface area contributed by atoms with Gasteiger partial charge in [0.1, 0.15) is 0 Å². The number of rotatable bonds is 4. The smallest absolute Gasteiger partial charge is 0.218 e. The van der Waals surface area contributed by atoms with Crippen LogP contribution in [0.4, 0.5) is 0 Å². The second-order valence-corrected chi connectivity index (χ2v) is 7.26. The van der Waals surface area contributed by atoms with Crippen LogP contribution in [0.1, 0.15) is 18.4 Å². The van der Waals surface area contributed by atoms with E-state index in [9.17, 15) is 13.5 Å². The molecule has 0 spiro atoms. The van der Waals surface area contributed by atoms with E-state index in [1.165, 1.54) is 4.31 Å². The molecule has 1 fully saturated rings. The summed E-state index contributed by atoms with van der Waals surface area (Å²) in [5.41, 5.74) is 1.44. The lowest BCUT2D eigenvalue weighted by atomic mass is 10.1. The van der Waals surface area contributed by atoms with E-state index in [0.717, 1.165) is 18.4 Å². The summed E-state index contributed by atoms with van der Waals surface area (Å²) in [4.78, 5) is 3.92. The van der Waals surface area contributed by atoms with Crippen molar-refractivity contribution >= 4 is 15.9 Å². The van der Waals surface area contributed by atoms with E-state index >= 15 is 0 Å².